The molecule has 5 heteroatoms. The molecule has 1 saturated heterocycles. The van der Waals surface area contributed by atoms with Crippen LogP contribution in [0, 0.1) is 11.3 Å². The van der Waals surface area contributed by atoms with Gasteiger partial charge in [0.2, 0.25) is 11.8 Å². The van der Waals surface area contributed by atoms with E-state index in [1.54, 1.807) is 0 Å². The van der Waals surface area contributed by atoms with Gasteiger partial charge in [-0.3, -0.25) is 9.59 Å². The van der Waals surface area contributed by atoms with Crippen LogP contribution in [0.15, 0.2) is 24.3 Å². The summed E-state index contributed by atoms with van der Waals surface area (Å²) in [6.07, 6.45) is 5.01. The molecule has 1 N–H and O–H groups in total. The summed E-state index contributed by atoms with van der Waals surface area (Å²) in [6, 6.07) is 8.48. The Labute approximate surface area is 175 Å². The predicted molar refractivity (Wildman–Crippen MR) is 114 cm³/mol. The van der Waals surface area contributed by atoms with E-state index in [1.165, 1.54) is 5.56 Å². The standard InChI is InChI=1S/C24H36N2O3/c1-18(2)16-20-6-8-21(9-7-20)19(3)25-23(28)24(10-4-5-11-24)17-22(27)26-12-14-29-15-13-26/h6-9,18-19H,4-5,10-17H2,1-3H3,(H,25,28)/t19-/m0/s1. The number of ether oxygens (including phenoxy) is 1. The largest absolute Gasteiger partial charge is 0.378 e. The van der Waals surface area contributed by atoms with E-state index >= 15 is 0 Å². The molecule has 0 unspecified atom stereocenters. The molecule has 29 heavy (non-hydrogen) atoms. The second-order valence-corrected chi connectivity index (χ2v) is 9.19. The smallest absolute Gasteiger partial charge is 0.227 e. The van der Waals surface area contributed by atoms with Gasteiger partial charge in [-0.05, 0) is 43.2 Å². The first kappa shape index (κ1) is 21.8. The Balaban J connectivity index is 1.63. The summed E-state index contributed by atoms with van der Waals surface area (Å²) < 4.78 is 5.35. The molecule has 0 radical (unpaired) electrons. The molecule has 0 bridgehead atoms. The van der Waals surface area contributed by atoms with Crippen LogP contribution >= 0.6 is 0 Å². The fraction of sp³-hybridized carbons (Fsp3) is 0.667. The summed E-state index contributed by atoms with van der Waals surface area (Å²) in [5.74, 6) is 0.760. The van der Waals surface area contributed by atoms with Crippen molar-refractivity contribution in [2.24, 2.45) is 11.3 Å². The summed E-state index contributed by atoms with van der Waals surface area (Å²) in [6.45, 7) is 8.92. The molecule has 1 aliphatic carbocycles. The lowest BCUT2D eigenvalue weighted by Gasteiger charge is -2.33. The molecular weight excluding hydrogens is 364 g/mol. The Morgan fingerprint density at radius 2 is 1.69 bits per heavy atom. The van der Waals surface area contributed by atoms with E-state index in [2.05, 4.69) is 43.4 Å². The number of carbonyl (C=O) groups excluding carboxylic acids is 2. The lowest BCUT2D eigenvalue weighted by atomic mass is 9.80. The Hall–Kier alpha value is -1.88. The Bertz CT molecular complexity index is 687. The van der Waals surface area contributed by atoms with E-state index in [4.69, 9.17) is 4.74 Å². The van der Waals surface area contributed by atoms with Crippen LogP contribution in [0.2, 0.25) is 0 Å². The fourth-order valence-corrected chi connectivity index (χ4v) is 4.60. The first-order valence-electron chi connectivity index (χ1n) is 11.1. The highest BCUT2D eigenvalue weighted by atomic mass is 16.5. The number of carbonyl (C=O) groups is 2. The molecule has 2 aliphatic rings. The first-order chi connectivity index (χ1) is 13.9. The first-order valence-corrected chi connectivity index (χ1v) is 11.1. The van der Waals surface area contributed by atoms with E-state index in [0.717, 1.165) is 37.7 Å². The van der Waals surface area contributed by atoms with Crippen LogP contribution in [0.4, 0.5) is 0 Å². The van der Waals surface area contributed by atoms with Crippen LogP contribution < -0.4 is 5.32 Å². The zero-order valence-corrected chi connectivity index (χ0v) is 18.2. The molecule has 2 amide bonds. The molecule has 1 aromatic carbocycles. The lowest BCUT2D eigenvalue weighted by molar-refractivity contribution is -0.144. The van der Waals surface area contributed by atoms with E-state index in [0.29, 0.717) is 38.6 Å². The quantitative estimate of drug-likeness (QED) is 0.756. The number of morpholine rings is 1. The highest BCUT2D eigenvalue weighted by Gasteiger charge is 2.44. The number of amides is 2. The van der Waals surface area contributed by atoms with Crippen molar-refractivity contribution < 1.29 is 14.3 Å². The number of nitrogens with zero attached hydrogens (tertiary/aromatic N) is 1. The third-order valence-electron chi connectivity index (χ3n) is 6.37. The summed E-state index contributed by atoms with van der Waals surface area (Å²) >= 11 is 0. The molecule has 1 saturated carbocycles. The predicted octanol–water partition coefficient (Wildman–Crippen LogP) is 3.87. The van der Waals surface area contributed by atoms with Crippen molar-refractivity contribution in [3.8, 4) is 0 Å². The molecule has 5 nitrogen and oxygen atoms in total. The Morgan fingerprint density at radius 3 is 2.28 bits per heavy atom. The summed E-state index contributed by atoms with van der Waals surface area (Å²) in [4.78, 5) is 28.0. The fourth-order valence-electron chi connectivity index (χ4n) is 4.60. The van der Waals surface area contributed by atoms with Gasteiger partial charge in [0.15, 0.2) is 0 Å². The van der Waals surface area contributed by atoms with Gasteiger partial charge in [-0.25, -0.2) is 0 Å². The van der Waals surface area contributed by atoms with Gasteiger partial charge in [-0.1, -0.05) is 51.0 Å². The maximum absolute atomic E-state index is 13.3. The van der Waals surface area contributed by atoms with Gasteiger partial charge in [0.05, 0.1) is 24.7 Å². The highest BCUT2D eigenvalue weighted by Crippen LogP contribution is 2.42. The normalized spacial score (nSPS) is 19.9. The third kappa shape index (κ3) is 5.59. The van der Waals surface area contributed by atoms with Gasteiger partial charge >= 0.3 is 0 Å². The van der Waals surface area contributed by atoms with Crippen molar-refractivity contribution in [2.45, 2.75) is 65.3 Å². The van der Waals surface area contributed by atoms with Gasteiger partial charge in [0.1, 0.15) is 0 Å². The van der Waals surface area contributed by atoms with Crippen molar-refractivity contribution in [1.29, 1.82) is 0 Å². The Morgan fingerprint density at radius 1 is 1.07 bits per heavy atom. The van der Waals surface area contributed by atoms with Crippen molar-refractivity contribution in [3.05, 3.63) is 35.4 Å². The average molecular weight is 401 g/mol. The second-order valence-electron chi connectivity index (χ2n) is 9.19. The van der Waals surface area contributed by atoms with Crippen molar-refractivity contribution >= 4 is 11.8 Å². The maximum Gasteiger partial charge on any atom is 0.227 e. The average Bonchev–Trinajstić information content (AvgIpc) is 3.18. The van der Waals surface area contributed by atoms with Gasteiger partial charge < -0.3 is 15.0 Å². The maximum atomic E-state index is 13.3. The minimum absolute atomic E-state index is 0.0374. The van der Waals surface area contributed by atoms with Crippen LogP contribution in [0.1, 0.15) is 70.0 Å². The summed E-state index contributed by atoms with van der Waals surface area (Å²) in [5.41, 5.74) is 1.88. The van der Waals surface area contributed by atoms with Crippen molar-refractivity contribution in [2.75, 3.05) is 26.3 Å². The number of benzene rings is 1. The minimum Gasteiger partial charge on any atom is -0.378 e. The highest BCUT2D eigenvalue weighted by molar-refractivity contribution is 5.89. The van der Waals surface area contributed by atoms with E-state index in [-0.39, 0.29) is 17.9 Å². The van der Waals surface area contributed by atoms with E-state index < -0.39 is 5.41 Å². The molecule has 1 aromatic rings. The molecule has 1 heterocycles. The van der Waals surface area contributed by atoms with Crippen LogP contribution in [0.3, 0.4) is 0 Å². The second kappa shape index (κ2) is 9.75. The van der Waals surface area contributed by atoms with E-state index in [1.807, 2.05) is 11.8 Å². The number of nitrogens with one attached hydrogen (secondary N) is 1. The van der Waals surface area contributed by atoms with Crippen LogP contribution in [0.5, 0.6) is 0 Å². The van der Waals surface area contributed by atoms with Crippen LogP contribution in [-0.4, -0.2) is 43.0 Å². The number of hydrogen-bond acceptors (Lipinski definition) is 3. The zero-order chi connectivity index (χ0) is 20.9. The molecule has 1 atom stereocenters. The Kier molecular flexibility index (Phi) is 7.33. The molecule has 160 valence electrons. The number of rotatable bonds is 7. The molecule has 0 aromatic heterocycles. The minimum atomic E-state index is -0.554. The molecule has 1 aliphatic heterocycles. The third-order valence-corrected chi connectivity index (χ3v) is 6.37. The SMILES string of the molecule is CC(C)Cc1ccc([C@H](C)NC(=O)C2(CC(=O)N3CCOCC3)CCCC2)cc1. The molecule has 2 fully saturated rings. The van der Waals surface area contributed by atoms with Gasteiger partial charge in [-0.15, -0.1) is 0 Å². The van der Waals surface area contributed by atoms with Gasteiger partial charge in [0, 0.05) is 19.5 Å². The van der Waals surface area contributed by atoms with Gasteiger partial charge in [0.25, 0.3) is 0 Å². The lowest BCUT2D eigenvalue weighted by Crippen LogP contribution is -2.47. The topological polar surface area (TPSA) is 58.6 Å². The van der Waals surface area contributed by atoms with E-state index in [9.17, 15) is 9.59 Å². The van der Waals surface area contributed by atoms with Crippen molar-refractivity contribution in [3.63, 3.8) is 0 Å². The van der Waals surface area contributed by atoms with Crippen LogP contribution in [-0.2, 0) is 20.7 Å². The van der Waals surface area contributed by atoms with Crippen molar-refractivity contribution in [1.82, 2.24) is 10.2 Å². The van der Waals surface area contributed by atoms with Gasteiger partial charge in [-0.2, -0.15) is 0 Å². The number of hydrogen-bond donors (Lipinski definition) is 1. The van der Waals surface area contributed by atoms with Crippen LogP contribution in [0.25, 0.3) is 0 Å². The summed E-state index contributed by atoms with van der Waals surface area (Å²) in [5, 5.41) is 3.21. The molecular formula is C24H36N2O3. The molecule has 0 spiro atoms. The zero-order valence-electron chi connectivity index (χ0n) is 18.2. The molecule has 3 rings (SSSR count). The summed E-state index contributed by atoms with van der Waals surface area (Å²) in [7, 11) is 0. The monoisotopic (exact) mass is 400 g/mol.